The average molecular weight is 538 g/mol. The van der Waals surface area contributed by atoms with Crippen LogP contribution in [0.2, 0.25) is 5.02 Å². The van der Waals surface area contributed by atoms with Gasteiger partial charge in [-0.1, -0.05) is 35.7 Å². The number of aromatic nitrogens is 2. The molecule has 3 N–H and O–H groups in total. The van der Waals surface area contributed by atoms with Gasteiger partial charge in [0.1, 0.15) is 11.6 Å². The summed E-state index contributed by atoms with van der Waals surface area (Å²) in [6.07, 6.45) is 3.79. The number of hydrogen-bond acceptors (Lipinski definition) is 3. The number of pyridine rings is 1. The van der Waals surface area contributed by atoms with Crippen LogP contribution >= 0.6 is 11.6 Å². The lowest BCUT2D eigenvalue weighted by molar-refractivity contribution is -0.121. The highest BCUT2D eigenvalue weighted by molar-refractivity contribution is 6.30. The summed E-state index contributed by atoms with van der Waals surface area (Å²) in [4.78, 5) is 21.2. The van der Waals surface area contributed by atoms with Crippen LogP contribution in [-0.4, -0.2) is 21.0 Å². The number of carbonyl (C=O) groups excluding carboxylic acids is 1. The molecule has 0 aliphatic carbocycles. The number of amides is 1. The van der Waals surface area contributed by atoms with Crippen LogP contribution in [0.1, 0.15) is 35.3 Å². The molecule has 0 fully saturated rings. The number of aromatic hydroxyl groups is 1. The number of phenols is 1. The van der Waals surface area contributed by atoms with E-state index in [2.05, 4.69) is 27.1 Å². The molecule has 0 unspecified atom stereocenters. The maximum Gasteiger partial charge on any atom is 0.225 e. The van der Waals surface area contributed by atoms with Gasteiger partial charge in [-0.15, -0.1) is 5.92 Å². The quantitative estimate of drug-likeness (QED) is 0.201. The molecule has 1 amide bonds. The van der Waals surface area contributed by atoms with E-state index in [9.17, 15) is 14.3 Å². The lowest BCUT2D eigenvalue weighted by Crippen LogP contribution is -2.32. The minimum atomic E-state index is -0.578. The zero-order chi connectivity index (χ0) is 27.4. The second kappa shape index (κ2) is 11.4. The van der Waals surface area contributed by atoms with E-state index in [0.29, 0.717) is 11.3 Å². The molecule has 0 bridgehead atoms. The van der Waals surface area contributed by atoms with Gasteiger partial charge in [0, 0.05) is 39.4 Å². The molecular weight excluding hydrogens is 513 g/mol. The van der Waals surface area contributed by atoms with Gasteiger partial charge < -0.3 is 15.4 Å². The number of benzene rings is 3. The van der Waals surface area contributed by atoms with Crippen LogP contribution in [0, 0.1) is 17.7 Å². The highest BCUT2D eigenvalue weighted by atomic mass is 35.5. The Hall–Kier alpha value is -4.60. The van der Waals surface area contributed by atoms with Crippen molar-refractivity contribution in [2.45, 2.75) is 25.8 Å². The van der Waals surface area contributed by atoms with E-state index in [1.54, 1.807) is 43.6 Å². The first kappa shape index (κ1) is 26.0. The molecule has 0 aliphatic rings. The minimum absolute atomic E-state index is 0.0770. The molecule has 0 saturated heterocycles. The predicted molar refractivity (Wildman–Crippen MR) is 152 cm³/mol. The van der Waals surface area contributed by atoms with Crippen LogP contribution in [0.4, 0.5) is 4.39 Å². The maximum absolute atomic E-state index is 14.2. The molecule has 194 valence electrons. The van der Waals surface area contributed by atoms with Crippen molar-refractivity contribution < 1.29 is 14.3 Å². The molecule has 0 spiro atoms. The first-order valence-corrected chi connectivity index (χ1v) is 12.8. The van der Waals surface area contributed by atoms with Crippen LogP contribution < -0.4 is 5.32 Å². The van der Waals surface area contributed by atoms with Crippen LogP contribution in [0.15, 0.2) is 85.2 Å². The Kier molecular flexibility index (Phi) is 7.62. The molecular formula is C32H25ClFN3O2. The van der Waals surface area contributed by atoms with Gasteiger partial charge in [0.2, 0.25) is 5.91 Å². The molecule has 1 atom stereocenters. The fourth-order valence-electron chi connectivity index (χ4n) is 4.76. The number of phenolic OH excluding ortho intramolecular Hbond substituents is 1. The minimum Gasteiger partial charge on any atom is -0.508 e. The van der Waals surface area contributed by atoms with Crippen molar-refractivity contribution in [3.63, 3.8) is 0 Å². The fraction of sp³-hybridized carbons (Fsp3) is 0.125. The SMILES string of the molecule is CC#Cc1cccc(-c2cccnc2[C@H](Cc2cc(F)cc(Cl)c2)NC(=O)Cc2c[nH]c3ccc(O)cc23)c1. The summed E-state index contributed by atoms with van der Waals surface area (Å²) in [6, 6.07) is 20.3. The Morgan fingerprint density at radius 3 is 2.82 bits per heavy atom. The third-order valence-electron chi connectivity index (χ3n) is 6.41. The number of hydrogen-bond donors (Lipinski definition) is 3. The number of H-pyrrole nitrogens is 1. The second-order valence-electron chi connectivity index (χ2n) is 9.21. The molecule has 2 heterocycles. The van der Waals surface area contributed by atoms with E-state index in [1.165, 1.54) is 12.1 Å². The molecule has 5 aromatic rings. The summed E-state index contributed by atoms with van der Waals surface area (Å²) in [7, 11) is 0. The van der Waals surface area contributed by atoms with E-state index in [0.717, 1.165) is 33.2 Å². The van der Waals surface area contributed by atoms with Gasteiger partial charge >= 0.3 is 0 Å². The smallest absolute Gasteiger partial charge is 0.225 e. The van der Waals surface area contributed by atoms with Crippen molar-refractivity contribution in [3.05, 3.63) is 118 Å². The largest absolute Gasteiger partial charge is 0.508 e. The van der Waals surface area contributed by atoms with E-state index in [4.69, 9.17) is 11.6 Å². The van der Waals surface area contributed by atoms with Crippen molar-refractivity contribution in [2.24, 2.45) is 0 Å². The molecule has 0 aliphatic heterocycles. The number of fused-ring (bicyclic) bond motifs is 1. The van der Waals surface area contributed by atoms with Crippen LogP contribution in [0.25, 0.3) is 22.0 Å². The van der Waals surface area contributed by atoms with Crippen molar-refractivity contribution in [3.8, 4) is 28.7 Å². The Morgan fingerprint density at radius 1 is 1.13 bits per heavy atom. The highest BCUT2D eigenvalue weighted by Gasteiger charge is 2.22. The predicted octanol–water partition coefficient (Wildman–Crippen LogP) is 6.74. The summed E-state index contributed by atoms with van der Waals surface area (Å²) < 4.78 is 14.2. The van der Waals surface area contributed by atoms with E-state index in [1.807, 2.05) is 36.4 Å². The fourth-order valence-corrected chi connectivity index (χ4v) is 5.00. The van der Waals surface area contributed by atoms with Crippen molar-refractivity contribution in [2.75, 3.05) is 0 Å². The number of nitrogens with zero attached hydrogens (tertiary/aromatic N) is 1. The van der Waals surface area contributed by atoms with Crippen LogP contribution in [0.3, 0.4) is 0 Å². The van der Waals surface area contributed by atoms with E-state index in [-0.39, 0.29) is 29.5 Å². The third-order valence-corrected chi connectivity index (χ3v) is 6.63. The van der Waals surface area contributed by atoms with Crippen molar-refractivity contribution in [1.82, 2.24) is 15.3 Å². The number of halogens is 2. The van der Waals surface area contributed by atoms with Gasteiger partial charge in [-0.2, -0.15) is 0 Å². The summed E-state index contributed by atoms with van der Waals surface area (Å²) in [5, 5.41) is 14.1. The molecule has 0 saturated carbocycles. The molecule has 5 nitrogen and oxygen atoms in total. The zero-order valence-electron chi connectivity index (χ0n) is 21.1. The molecule has 7 heteroatoms. The molecule has 39 heavy (non-hydrogen) atoms. The molecule has 5 rings (SSSR count). The van der Waals surface area contributed by atoms with Gasteiger partial charge in [0.05, 0.1) is 18.2 Å². The lowest BCUT2D eigenvalue weighted by Gasteiger charge is -2.22. The van der Waals surface area contributed by atoms with Gasteiger partial charge in [0.25, 0.3) is 0 Å². The Balaban J connectivity index is 1.51. The van der Waals surface area contributed by atoms with E-state index < -0.39 is 11.9 Å². The van der Waals surface area contributed by atoms with Gasteiger partial charge in [0.15, 0.2) is 0 Å². The summed E-state index contributed by atoms with van der Waals surface area (Å²) in [6.45, 7) is 1.78. The molecule has 0 radical (unpaired) electrons. The Labute approximate surface area is 230 Å². The van der Waals surface area contributed by atoms with Gasteiger partial charge in [-0.3, -0.25) is 9.78 Å². The third kappa shape index (κ3) is 6.11. The molecule has 2 aromatic heterocycles. The van der Waals surface area contributed by atoms with Crippen molar-refractivity contribution in [1.29, 1.82) is 0 Å². The normalized spacial score (nSPS) is 11.6. The number of rotatable bonds is 7. The van der Waals surface area contributed by atoms with Gasteiger partial charge in [-0.05, 0) is 84.6 Å². The monoisotopic (exact) mass is 537 g/mol. The van der Waals surface area contributed by atoms with Gasteiger partial charge in [-0.25, -0.2) is 4.39 Å². The molecule has 3 aromatic carbocycles. The van der Waals surface area contributed by atoms with E-state index >= 15 is 0 Å². The van der Waals surface area contributed by atoms with Crippen LogP contribution in [-0.2, 0) is 17.6 Å². The maximum atomic E-state index is 14.2. The van der Waals surface area contributed by atoms with Crippen LogP contribution in [0.5, 0.6) is 5.75 Å². The van der Waals surface area contributed by atoms with Crippen molar-refractivity contribution >= 4 is 28.4 Å². The first-order chi connectivity index (χ1) is 18.9. The standard InChI is InChI=1S/C32H25ClFN3O2/c1-2-5-20-6-3-7-22(12-20)27-8-4-11-35-32(27)30(15-21-13-24(33)17-25(34)14-21)37-31(39)16-23-19-36-29-10-9-26(38)18-28(23)29/h3-4,6-14,17-19,30,36,38H,15-16H2,1H3,(H,37,39)/t30-/m0/s1. The topological polar surface area (TPSA) is 78.0 Å². The first-order valence-electron chi connectivity index (χ1n) is 12.4. The second-order valence-corrected chi connectivity index (χ2v) is 9.65. The lowest BCUT2D eigenvalue weighted by atomic mass is 9.94. The zero-order valence-corrected chi connectivity index (χ0v) is 21.9. The summed E-state index contributed by atoms with van der Waals surface area (Å²) in [5.74, 6) is 5.42. The summed E-state index contributed by atoms with van der Waals surface area (Å²) >= 11 is 6.14. The average Bonchev–Trinajstić information content (AvgIpc) is 3.29. The number of carbonyl (C=O) groups is 1. The Morgan fingerprint density at radius 2 is 2.00 bits per heavy atom. The number of aromatic amines is 1. The number of nitrogens with one attached hydrogen (secondary N) is 2. The highest BCUT2D eigenvalue weighted by Crippen LogP contribution is 2.30. The summed E-state index contributed by atoms with van der Waals surface area (Å²) in [5.41, 5.74) is 5.45. The Bertz CT molecular complexity index is 1710.